The van der Waals surface area contributed by atoms with Crippen molar-refractivity contribution in [2.45, 2.75) is 36.5 Å². The van der Waals surface area contributed by atoms with Crippen LogP contribution in [0.4, 0.5) is 5.69 Å². The van der Waals surface area contributed by atoms with Crippen LogP contribution in [0, 0.1) is 0 Å². The number of hydrogen-bond donors (Lipinski definition) is 2. The molecule has 0 saturated heterocycles. The molecule has 0 aliphatic carbocycles. The van der Waals surface area contributed by atoms with Gasteiger partial charge in [0.2, 0.25) is 5.91 Å². The number of rotatable bonds is 8. The maximum Gasteiger partial charge on any atom is 0.253 e. The van der Waals surface area contributed by atoms with E-state index in [0.29, 0.717) is 22.7 Å². The SMILES string of the molecule is CC[C@H](Sc1ccc(Cl)cc1)C(=O)Nc1ccccc1C(=O)N[C@@H](C)c1ccccc1. The van der Waals surface area contributed by atoms with Crippen molar-refractivity contribution >= 4 is 40.9 Å². The standard InChI is InChI=1S/C25H25ClN2O2S/c1-3-23(31-20-15-13-19(26)14-16-20)25(30)28-22-12-8-7-11-21(22)24(29)27-17(2)18-9-5-4-6-10-18/h4-17,23H,3H2,1-2H3,(H,27,29)(H,28,30)/t17-,23-/m0/s1. The summed E-state index contributed by atoms with van der Waals surface area (Å²) in [7, 11) is 0. The Hall–Kier alpha value is -2.76. The zero-order chi connectivity index (χ0) is 22.2. The summed E-state index contributed by atoms with van der Waals surface area (Å²) in [5.41, 5.74) is 1.95. The molecule has 0 saturated carbocycles. The first-order chi connectivity index (χ1) is 15.0. The Kier molecular flexibility index (Phi) is 8.15. The number of carbonyl (C=O) groups excluding carboxylic acids is 2. The molecular weight excluding hydrogens is 428 g/mol. The van der Waals surface area contributed by atoms with E-state index in [-0.39, 0.29) is 23.1 Å². The van der Waals surface area contributed by atoms with E-state index < -0.39 is 0 Å². The highest BCUT2D eigenvalue weighted by molar-refractivity contribution is 8.00. The normalized spacial score (nSPS) is 12.6. The molecule has 31 heavy (non-hydrogen) atoms. The summed E-state index contributed by atoms with van der Waals surface area (Å²) in [6.07, 6.45) is 0.651. The van der Waals surface area contributed by atoms with Crippen molar-refractivity contribution in [2.75, 3.05) is 5.32 Å². The van der Waals surface area contributed by atoms with E-state index in [2.05, 4.69) is 10.6 Å². The lowest BCUT2D eigenvalue weighted by atomic mass is 10.1. The number of benzene rings is 3. The Bertz CT molecular complexity index is 1030. The van der Waals surface area contributed by atoms with Gasteiger partial charge < -0.3 is 10.6 Å². The highest BCUT2D eigenvalue weighted by Gasteiger charge is 2.21. The van der Waals surface area contributed by atoms with E-state index in [4.69, 9.17) is 11.6 Å². The van der Waals surface area contributed by atoms with Gasteiger partial charge in [0, 0.05) is 9.92 Å². The van der Waals surface area contributed by atoms with Crippen molar-refractivity contribution in [1.29, 1.82) is 0 Å². The van der Waals surface area contributed by atoms with Crippen LogP contribution in [0.2, 0.25) is 5.02 Å². The van der Waals surface area contributed by atoms with E-state index in [1.165, 1.54) is 11.8 Å². The first kappa shape index (κ1) is 22.9. The Labute approximate surface area is 192 Å². The van der Waals surface area contributed by atoms with Crippen LogP contribution < -0.4 is 10.6 Å². The van der Waals surface area contributed by atoms with Crippen LogP contribution in [-0.4, -0.2) is 17.1 Å². The maximum atomic E-state index is 12.9. The topological polar surface area (TPSA) is 58.2 Å². The molecular formula is C25H25ClN2O2S. The van der Waals surface area contributed by atoms with E-state index in [1.54, 1.807) is 24.3 Å². The predicted octanol–water partition coefficient (Wildman–Crippen LogP) is 6.34. The number of halogens is 1. The molecule has 4 nitrogen and oxygen atoms in total. The molecule has 0 spiro atoms. The van der Waals surface area contributed by atoms with Gasteiger partial charge in [-0.2, -0.15) is 0 Å². The molecule has 2 N–H and O–H groups in total. The van der Waals surface area contributed by atoms with Gasteiger partial charge in [-0.15, -0.1) is 11.8 Å². The average molecular weight is 453 g/mol. The van der Waals surface area contributed by atoms with E-state index in [0.717, 1.165) is 10.5 Å². The molecule has 3 aromatic rings. The highest BCUT2D eigenvalue weighted by atomic mass is 35.5. The number of amides is 2. The van der Waals surface area contributed by atoms with Gasteiger partial charge in [0.15, 0.2) is 0 Å². The second-order valence-electron chi connectivity index (χ2n) is 7.11. The second-order valence-corrected chi connectivity index (χ2v) is 8.82. The van der Waals surface area contributed by atoms with E-state index in [9.17, 15) is 9.59 Å². The molecule has 0 unspecified atom stereocenters. The van der Waals surface area contributed by atoms with Crippen molar-refractivity contribution in [1.82, 2.24) is 5.32 Å². The average Bonchev–Trinajstić information content (AvgIpc) is 2.79. The molecule has 2 amide bonds. The van der Waals surface area contributed by atoms with Gasteiger partial charge in [-0.3, -0.25) is 9.59 Å². The van der Waals surface area contributed by atoms with E-state index in [1.807, 2.05) is 68.4 Å². The first-order valence-electron chi connectivity index (χ1n) is 10.2. The molecule has 0 fully saturated rings. The predicted molar refractivity (Wildman–Crippen MR) is 129 cm³/mol. The van der Waals surface area contributed by atoms with Gasteiger partial charge in [-0.25, -0.2) is 0 Å². The van der Waals surface area contributed by atoms with Gasteiger partial charge in [0.1, 0.15) is 0 Å². The van der Waals surface area contributed by atoms with Crippen molar-refractivity contribution < 1.29 is 9.59 Å². The third kappa shape index (κ3) is 6.36. The second kappa shape index (κ2) is 11.0. The van der Waals surface area contributed by atoms with Gasteiger partial charge >= 0.3 is 0 Å². The zero-order valence-corrected chi connectivity index (χ0v) is 19.0. The van der Waals surface area contributed by atoms with Crippen molar-refractivity contribution in [3.8, 4) is 0 Å². The quantitative estimate of drug-likeness (QED) is 0.392. The summed E-state index contributed by atoms with van der Waals surface area (Å²) in [6.45, 7) is 3.90. The monoisotopic (exact) mass is 452 g/mol. The molecule has 6 heteroatoms. The Morgan fingerprint density at radius 1 is 0.935 bits per heavy atom. The number of hydrogen-bond acceptors (Lipinski definition) is 3. The van der Waals surface area contributed by atoms with Gasteiger partial charge in [0.05, 0.1) is 22.5 Å². The number of anilines is 1. The fourth-order valence-corrected chi connectivity index (χ4v) is 4.18. The van der Waals surface area contributed by atoms with Crippen LogP contribution in [0.3, 0.4) is 0 Å². The van der Waals surface area contributed by atoms with Gasteiger partial charge in [-0.1, -0.05) is 61.0 Å². The van der Waals surface area contributed by atoms with Crippen molar-refractivity contribution in [3.05, 3.63) is 95.0 Å². The smallest absolute Gasteiger partial charge is 0.253 e. The number of para-hydroxylation sites is 1. The van der Waals surface area contributed by atoms with Crippen LogP contribution >= 0.6 is 23.4 Å². The molecule has 160 valence electrons. The van der Waals surface area contributed by atoms with Crippen LogP contribution in [0.25, 0.3) is 0 Å². The first-order valence-corrected chi connectivity index (χ1v) is 11.4. The summed E-state index contributed by atoms with van der Waals surface area (Å²) in [4.78, 5) is 26.8. The molecule has 0 heterocycles. The summed E-state index contributed by atoms with van der Waals surface area (Å²) in [6, 6.07) is 24.1. The molecule has 0 bridgehead atoms. The van der Waals surface area contributed by atoms with Crippen LogP contribution in [0.5, 0.6) is 0 Å². The Balaban J connectivity index is 1.70. The Morgan fingerprint density at radius 2 is 1.58 bits per heavy atom. The minimum atomic E-state index is -0.291. The lowest BCUT2D eigenvalue weighted by Crippen LogP contribution is -2.29. The lowest BCUT2D eigenvalue weighted by Gasteiger charge is -2.18. The Morgan fingerprint density at radius 3 is 2.26 bits per heavy atom. The van der Waals surface area contributed by atoms with Gasteiger partial charge in [0.25, 0.3) is 5.91 Å². The lowest BCUT2D eigenvalue weighted by molar-refractivity contribution is -0.115. The number of carbonyl (C=O) groups is 2. The fraction of sp³-hybridized carbons (Fsp3) is 0.200. The molecule has 2 atom stereocenters. The van der Waals surface area contributed by atoms with Crippen LogP contribution in [-0.2, 0) is 4.79 Å². The molecule has 3 aromatic carbocycles. The zero-order valence-electron chi connectivity index (χ0n) is 17.5. The van der Waals surface area contributed by atoms with Crippen molar-refractivity contribution in [3.63, 3.8) is 0 Å². The molecule has 3 rings (SSSR count). The summed E-state index contributed by atoms with van der Waals surface area (Å²) < 4.78 is 0. The van der Waals surface area contributed by atoms with Crippen LogP contribution in [0.15, 0.2) is 83.8 Å². The summed E-state index contributed by atoms with van der Waals surface area (Å²) >= 11 is 7.42. The van der Waals surface area contributed by atoms with Crippen molar-refractivity contribution in [2.24, 2.45) is 0 Å². The van der Waals surface area contributed by atoms with Gasteiger partial charge in [-0.05, 0) is 55.3 Å². The third-order valence-corrected chi connectivity index (χ3v) is 6.46. The minimum absolute atomic E-state index is 0.140. The summed E-state index contributed by atoms with van der Waals surface area (Å²) in [5, 5.41) is 6.31. The van der Waals surface area contributed by atoms with Crippen LogP contribution in [0.1, 0.15) is 42.2 Å². The molecule has 0 aromatic heterocycles. The minimum Gasteiger partial charge on any atom is -0.345 e. The maximum absolute atomic E-state index is 12.9. The largest absolute Gasteiger partial charge is 0.345 e. The number of nitrogens with one attached hydrogen (secondary N) is 2. The molecule has 0 aliphatic rings. The highest BCUT2D eigenvalue weighted by Crippen LogP contribution is 2.28. The number of thioether (sulfide) groups is 1. The van der Waals surface area contributed by atoms with E-state index >= 15 is 0 Å². The third-order valence-electron chi connectivity index (χ3n) is 4.83. The molecule has 0 radical (unpaired) electrons. The summed E-state index contributed by atoms with van der Waals surface area (Å²) in [5.74, 6) is -0.371. The fourth-order valence-electron chi connectivity index (χ4n) is 3.10. The molecule has 0 aliphatic heterocycles.